The van der Waals surface area contributed by atoms with Crippen LogP contribution < -0.4 is 0 Å². The average Bonchev–Trinajstić information content (AvgIpc) is 2.85. The molecule has 2 saturated carbocycles. The number of hydrogen-bond acceptors (Lipinski definition) is 2. The number of carbonyl (C=O) groups is 1. The minimum absolute atomic E-state index is 0.471. The molecule has 0 aromatic rings. The third-order valence-electron chi connectivity index (χ3n) is 3.16. The topological polar surface area (TPSA) is 20.3 Å². The van der Waals surface area contributed by atoms with Gasteiger partial charge in [0.05, 0.1) is 0 Å². The van der Waals surface area contributed by atoms with Crippen LogP contribution in [0.4, 0.5) is 0 Å². The smallest absolute Gasteiger partial charge is 0.134 e. The minimum atomic E-state index is 0.471. The molecule has 1 atom stereocenters. The number of nitrogens with zero attached hydrogens (tertiary/aromatic N) is 1. The first kappa shape index (κ1) is 8.24. The number of ketones is 1. The second-order valence-electron chi connectivity index (χ2n) is 4.19. The minimum Gasteiger partial charge on any atom is -0.300 e. The monoisotopic (exact) mass is 167 g/mol. The van der Waals surface area contributed by atoms with E-state index in [1.54, 1.807) is 0 Å². The fraction of sp³-hybridized carbons (Fsp3) is 0.900. The molecule has 1 unspecified atom stereocenters. The molecule has 12 heavy (non-hydrogen) atoms. The molecular formula is C10H17NO. The van der Waals surface area contributed by atoms with Gasteiger partial charge in [-0.25, -0.2) is 0 Å². The zero-order valence-electron chi connectivity index (χ0n) is 7.75. The largest absolute Gasteiger partial charge is 0.300 e. The standard InChI is InChI=1S/C10H17NO/c1-11(8-5-6-8)9-3-2-4-10(12)7-9/h8-9H,2-7H2,1H3. The fourth-order valence-electron chi connectivity index (χ4n) is 2.13. The molecule has 0 bridgehead atoms. The summed E-state index contributed by atoms with van der Waals surface area (Å²) >= 11 is 0. The fourth-order valence-corrected chi connectivity index (χ4v) is 2.13. The highest BCUT2D eigenvalue weighted by atomic mass is 16.1. The van der Waals surface area contributed by atoms with Crippen molar-refractivity contribution in [1.29, 1.82) is 0 Å². The Hall–Kier alpha value is -0.370. The van der Waals surface area contributed by atoms with Crippen molar-refractivity contribution in [2.45, 2.75) is 50.6 Å². The molecule has 0 heterocycles. The number of rotatable bonds is 2. The third-order valence-corrected chi connectivity index (χ3v) is 3.16. The van der Waals surface area contributed by atoms with Crippen LogP contribution in [0.2, 0.25) is 0 Å². The number of hydrogen-bond donors (Lipinski definition) is 0. The molecule has 0 N–H and O–H groups in total. The van der Waals surface area contributed by atoms with Gasteiger partial charge in [-0.2, -0.15) is 0 Å². The van der Waals surface area contributed by atoms with Gasteiger partial charge in [-0.15, -0.1) is 0 Å². The van der Waals surface area contributed by atoms with Gasteiger partial charge in [-0.1, -0.05) is 0 Å². The third kappa shape index (κ3) is 1.69. The quantitative estimate of drug-likeness (QED) is 0.622. The van der Waals surface area contributed by atoms with Crippen LogP contribution in [0.5, 0.6) is 0 Å². The Labute approximate surface area is 73.9 Å². The summed E-state index contributed by atoms with van der Waals surface area (Å²) in [6.07, 6.45) is 6.68. The number of Topliss-reactive ketones (excluding diaryl/α,β-unsaturated/α-hetero) is 1. The van der Waals surface area contributed by atoms with Gasteiger partial charge >= 0.3 is 0 Å². The average molecular weight is 167 g/mol. The van der Waals surface area contributed by atoms with Gasteiger partial charge in [-0.05, 0) is 32.7 Å². The molecule has 2 fully saturated rings. The van der Waals surface area contributed by atoms with Crippen LogP contribution in [-0.4, -0.2) is 29.8 Å². The van der Waals surface area contributed by atoms with E-state index in [-0.39, 0.29) is 0 Å². The lowest BCUT2D eigenvalue weighted by molar-refractivity contribution is -0.121. The van der Waals surface area contributed by atoms with Crippen LogP contribution in [0.1, 0.15) is 38.5 Å². The van der Waals surface area contributed by atoms with Crippen LogP contribution in [0.3, 0.4) is 0 Å². The van der Waals surface area contributed by atoms with E-state index in [1.807, 2.05) is 0 Å². The van der Waals surface area contributed by atoms with E-state index < -0.39 is 0 Å². The first-order valence-electron chi connectivity index (χ1n) is 5.01. The van der Waals surface area contributed by atoms with Crippen LogP contribution >= 0.6 is 0 Å². The second-order valence-corrected chi connectivity index (χ2v) is 4.19. The first-order valence-corrected chi connectivity index (χ1v) is 5.01. The molecule has 2 aliphatic carbocycles. The van der Waals surface area contributed by atoms with Gasteiger partial charge in [0.1, 0.15) is 5.78 Å². The maximum Gasteiger partial charge on any atom is 0.134 e. The van der Waals surface area contributed by atoms with Crippen LogP contribution in [0.15, 0.2) is 0 Å². The van der Waals surface area contributed by atoms with Crippen molar-refractivity contribution in [3.63, 3.8) is 0 Å². The summed E-state index contributed by atoms with van der Waals surface area (Å²) in [5, 5.41) is 0. The predicted octanol–water partition coefficient (Wildman–Crippen LogP) is 1.59. The van der Waals surface area contributed by atoms with Crippen molar-refractivity contribution < 1.29 is 4.79 Å². The Bertz CT molecular complexity index is 186. The highest BCUT2D eigenvalue weighted by Gasteiger charge is 2.33. The van der Waals surface area contributed by atoms with Crippen LogP contribution in [0, 0.1) is 0 Å². The molecule has 68 valence electrons. The van der Waals surface area contributed by atoms with Gasteiger partial charge in [0.25, 0.3) is 0 Å². The summed E-state index contributed by atoms with van der Waals surface area (Å²) in [4.78, 5) is 13.6. The molecule has 0 aromatic heterocycles. The van der Waals surface area contributed by atoms with Gasteiger partial charge in [0.15, 0.2) is 0 Å². The Morgan fingerprint density at radius 2 is 2.00 bits per heavy atom. The SMILES string of the molecule is CN(C1CC1)C1CCCC(=O)C1. The molecule has 2 rings (SSSR count). The van der Waals surface area contributed by atoms with Crippen LogP contribution in [-0.2, 0) is 4.79 Å². The summed E-state index contributed by atoms with van der Waals surface area (Å²) in [5.41, 5.74) is 0. The van der Waals surface area contributed by atoms with Crippen molar-refractivity contribution in [2.75, 3.05) is 7.05 Å². The van der Waals surface area contributed by atoms with Crippen molar-refractivity contribution in [3.8, 4) is 0 Å². The highest BCUT2D eigenvalue weighted by molar-refractivity contribution is 5.79. The summed E-state index contributed by atoms with van der Waals surface area (Å²) in [5.74, 6) is 0.471. The zero-order valence-corrected chi connectivity index (χ0v) is 7.75. The lowest BCUT2D eigenvalue weighted by Gasteiger charge is -2.30. The van der Waals surface area contributed by atoms with E-state index in [2.05, 4.69) is 11.9 Å². The normalized spacial score (nSPS) is 31.2. The van der Waals surface area contributed by atoms with Crippen molar-refractivity contribution >= 4 is 5.78 Å². The highest BCUT2D eigenvalue weighted by Crippen LogP contribution is 2.31. The molecule has 0 amide bonds. The Balaban J connectivity index is 1.88. The van der Waals surface area contributed by atoms with E-state index in [0.29, 0.717) is 11.8 Å². The molecule has 2 heteroatoms. The maximum absolute atomic E-state index is 11.2. The van der Waals surface area contributed by atoms with Gasteiger partial charge in [0.2, 0.25) is 0 Å². The van der Waals surface area contributed by atoms with Crippen molar-refractivity contribution in [2.24, 2.45) is 0 Å². The molecule has 0 radical (unpaired) electrons. The summed E-state index contributed by atoms with van der Waals surface area (Å²) in [6.45, 7) is 0. The van der Waals surface area contributed by atoms with Crippen molar-refractivity contribution in [1.82, 2.24) is 4.90 Å². The molecule has 0 spiro atoms. The molecule has 0 aromatic carbocycles. The summed E-state index contributed by atoms with van der Waals surface area (Å²) < 4.78 is 0. The van der Waals surface area contributed by atoms with Crippen LogP contribution in [0.25, 0.3) is 0 Å². The van der Waals surface area contributed by atoms with E-state index >= 15 is 0 Å². The lowest BCUT2D eigenvalue weighted by Crippen LogP contribution is -2.37. The maximum atomic E-state index is 11.2. The van der Waals surface area contributed by atoms with Gasteiger partial charge < -0.3 is 4.90 Å². The Morgan fingerprint density at radius 3 is 2.58 bits per heavy atom. The first-order chi connectivity index (χ1) is 5.77. The van der Waals surface area contributed by atoms with E-state index in [1.165, 1.54) is 19.3 Å². The van der Waals surface area contributed by atoms with Crippen molar-refractivity contribution in [3.05, 3.63) is 0 Å². The van der Waals surface area contributed by atoms with E-state index in [9.17, 15) is 4.79 Å². The van der Waals surface area contributed by atoms with E-state index in [0.717, 1.165) is 25.3 Å². The summed E-state index contributed by atoms with van der Waals surface area (Å²) in [6, 6.07) is 1.37. The Morgan fingerprint density at radius 1 is 1.25 bits per heavy atom. The molecule has 2 aliphatic rings. The second kappa shape index (κ2) is 3.17. The van der Waals surface area contributed by atoms with E-state index in [4.69, 9.17) is 0 Å². The molecule has 0 saturated heterocycles. The molecule has 2 nitrogen and oxygen atoms in total. The Kier molecular flexibility index (Phi) is 2.18. The predicted molar refractivity (Wildman–Crippen MR) is 48.0 cm³/mol. The zero-order chi connectivity index (χ0) is 8.55. The van der Waals surface area contributed by atoms with Gasteiger partial charge in [-0.3, -0.25) is 4.79 Å². The number of carbonyl (C=O) groups excluding carboxylic acids is 1. The van der Waals surface area contributed by atoms with Gasteiger partial charge in [0, 0.05) is 24.9 Å². The molecular weight excluding hydrogens is 150 g/mol. The molecule has 0 aliphatic heterocycles. The lowest BCUT2D eigenvalue weighted by atomic mass is 9.93. The summed E-state index contributed by atoms with van der Waals surface area (Å²) in [7, 11) is 2.18.